The molecule has 25 heavy (non-hydrogen) atoms. The average molecular weight is 358 g/mol. The Morgan fingerprint density at radius 3 is 2.48 bits per heavy atom. The summed E-state index contributed by atoms with van der Waals surface area (Å²) in [4.78, 5) is 14.0. The van der Waals surface area contributed by atoms with Crippen LogP contribution in [-0.4, -0.2) is 28.6 Å². The lowest BCUT2D eigenvalue weighted by Crippen LogP contribution is -2.46. The van der Waals surface area contributed by atoms with Gasteiger partial charge < -0.3 is 5.11 Å². The smallest absolute Gasteiger partial charge is 0.320 e. The molecule has 0 aliphatic carbocycles. The van der Waals surface area contributed by atoms with Crippen molar-refractivity contribution in [3.8, 4) is 0 Å². The van der Waals surface area contributed by atoms with Gasteiger partial charge in [-0.15, -0.1) is 0 Å². The molecule has 3 nitrogen and oxygen atoms in total. The Morgan fingerprint density at radius 2 is 1.84 bits per heavy atom. The van der Waals surface area contributed by atoms with Gasteiger partial charge in [-0.05, 0) is 56.5 Å². The minimum atomic E-state index is -0.740. The molecule has 3 rings (SSSR count). The predicted molar refractivity (Wildman–Crippen MR) is 101 cm³/mol. The van der Waals surface area contributed by atoms with Gasteiger partial charge in [0.15, 0.2) is 0 Å². The van der Waals surface area contributed by atoms with Crippen LogP contribution in [0.3, 0.4) is 0 Å². The Bertz CT molecular complexity index is 754. The normalized spacial score (nSPS) is 19.6. The van der Waals surface area contributed by atoms with Crippen molar-refractivity contribution in [2.45, 2.75) is 45.2 Å². The molecule has 0 radical (unpaired) electrons. The van der Waals surface area contributed by atoms with Gasteiger partial charge in [-0.2, -0.15) is 0 Å². The molecule has 4 heteroatoms. The number of benzene rings is 2. The van der Waals surface area contributed by atoms with Crippen molar-refractivity contribution in [2.24, 2.45) is 0 Å². The van der Waals surface area contributed by atoms with Crippen LogP contribution in [0.2, 0.25) is 5.02 Å². The second kappa shape index (κ2) is 7.59. The van der Waals surface area contributed by atoms with Crippen molar-refractivity contribution in [3.63, 3.8) is 0 Å². The Balaban J connectivity index is 2.12. The summed E-state index contributed by atoms with van der Waals surface area (Å²) in [6.07, 6.45) is 2.67. The van der Waals surface area contributed by atoms with Crippen LogP contribution in [0.1, 0.15) is 47.6 Å². The first-order valence-corrected chi connectivity index (χ1v) is 9.15. The molecule has 2 aromatic rings. The van der Waals surface area contributed by atoms with Gasteiger partial charge in [0.25, 0.3) is 0 Å². The van der Waals surface area contributed by atoms with Gasteiger partial charge in [0.05, 0.1) is 6.04 Å². The van der Waals surface area contributed by atoms with Crippen molar-refractivity contribution in [3.05, 3.63) is 69.7 Å². The second-order valence-corrected chi connectivity index (χ2v) is 7.40. The Morgan fingerprint density at radius 1 is 1.12 bits per heavy atom. The molecule has 1 heterocycles. The third kappa shape index (κ3) is 4.05. The summed E-state index contributed by atoms with van der Waals surface area (Å²) in [6.45, 7) is 4.94. The highest BCUT2D eigenvalue weighted by atomic mass is 35.5. The summed E-state index contributed by atoms with van der Waals surface area (Å²) in [5, 5.41) is 10.4. The summed E-state index contributed by atoms with van der Waals surface area (Å²) in [5.74, 6) is -0.740. The number of hydrogen-bond acceptors (Lipinski definition) is 2. The van der Waals surface area contributed by atoms with Crippen molar-refractivity contribution >= 4 is 17.6 Å². The predicted octanol–water partition coefficient (Wildman–Crippen LogP) is 4.99. The molecular formula is C21H24ClNO2. The highest BCUT2D eigenvalue weighted by molar-refractivity contribution is 6.30. The maximum atomic E-state index is 11.9. The van der Waals surface area contributed by atoms with Crippen molar-refractivity contribution in [2.75, 3.05) is 6.54 Å². The molecule has 1 saturated heterocycles. The number of halogens is 1. The van der Waals surface area contributed by atoms with Gasteiger partial charge in [0, 0.05) is 5.02 Å². The van der Waals surface area contributed by atoms with Gasteiger partial charge in [-0.1, -0.05) is 59.5 Å². The molecule has 0 bridgehead atoms. The zero-order valence-electron chi connectivity index (χ0n) is 14.7. The first-order chi connectivity index (χ1) is 12.0. The number of aliphatic carboxylic acids is 1. The lowest BCUT2D eigenvalue weighted by molar-refractivity contribution is -0.145. The van der Waals surface area contributed by atoms with E-state index in [1.807, 2.05) is 24.3 Å². The second-order valence-electron chi connectivity index (χ2n) is 6.97. The monoisotopic (exact) mass is 357 g/mol. The number of carboxylic acid groups (broad SMARTS) is 1. The van der Waals surface area contributed by atoms with E-state index in [2.05, 4.69) is 36.9 Å². The quantitative estimate of drug-likeness (QED) is 0.838. The lowest BCUT2D eigenvalue weighted by Gasteiger charge is -2.40. The lowest BCUT2D eigenvalue weighted by atomic mass is 9.90. The van der Waals surface area contributed by atoms with E-state index in [-0.39, 0.29) is 6.04 Å². The Labute approximate surface area is 154 Å². The topological polar surface area (TPSA) is 40.5 Å². The van der Waals surface area contributed by atoms with Gasteiger partial charge >= 0.3 is 5.97 Å². The molecule has 2 aromatic carbocycles. The number of likely N-dealkylation sites (tertiary alicyclic amines) is 1. The highest BCUT2D eigenvalue weighted by Gasteiger charge is 2.35. The molecule has 0 saturated carbocycles. The van der Waals surface area contributed by atoms with Crippen LogP contribution in [0, 0.1) is 13.8 Å². The molecule has 0 aromatic heterocycles. The number of aryl methyl sites for hydroxylation is 2. The van der Waals surface area contributed by atoms with Gasteiger partial charge in [0.2, 0.25) is 0 Å². The third-order valence-electron chi connectivity index (χ3n) is 4.89. The molecule has 1 aliphatic heterocycles. The fourth-order valence-electron chi connectivity index (χ4n) is 3.95. The molecule has 0 amide bonds. The summed E-state index contributed by atoms with van der Waals surface area (Å²) in [7, 11) is 0. The minimum absolute atomic E-state index is 0.0984. The van der Waals surface area contributed by atoms with Crippen molar-refractivity contribution in [1.29, 1.82) is 0 Å². The molecule has 1 aliphatic rings. The fourth-order valence-corrected chi connectivity index (χ4v) is 4.15. The van der Waals surface area contributed by atoms with E-state index in [9.17, 15) is 9.90 Å². The number of piperidine rings is 1. The van der Waals surface area contributed by atoms with Crippen LogP contribution in [0.4, 0.5) is 0 Å². The Kier molecular flexibility index (Phi) is 5.45. The van der Waals surface area contributed by atoms with E-state index in [0.29, 0.717) is 11.4 Å². The van der Waals surface area contributed by atoms with E-state index >= 15 is 0 Å². The van der Waals surface area contributed by atoms with Crippen LogP contribution in [0.25, 0.3) is 0 Å². The van der Waals surface area contributed by atoms with Gasteiger partial charge in [0.1, 0.15) is 6.04 Å². The van der Waals surface area contributed by atoms with E-state index in [1.165, 1.54) is 11.1 Å². The number of carbonyl (C=O) groups is 1. The van der Waals surface area contributed by atoms with Gasteiger partial charge in [-0.3, -0.25) is 9.69 Å². The number of rotatable bonds is 4. The zero-order valence-corrected chi connectivity index (χ0v) is 15.5. The Hall–Kier alpha value is -1.84. The maximum Gasteiger partial charge on any atom is 0.320 e. The van der Waals surface area contributed by atoms with Crippen LogP contribution in [0.15, 0.2) is 42.5 Å². The SMILES string of the molecule is Cc1cc(C)cc(C(c2cccc(Cl)c2)N2CCCCC2C(=O)O)c1. The molecule has 0 spiro atoms. The molecule has 2 unspecified atom stereocenters. The first-order valence-electron chi connectivity index (χ1n) is 8.78. The number of carboxylic acids is 1. The molecular weight excluding hydrogens is 334 g/mol. The van der Waals surface area contributed by atoms with Crippen LogP contribution in [-0.2, 0) is 4.79 Å². The van der Waals surface area contributed by atoms with E-state index < -0.39 is 12.0 Å². The number of nitrogens with zero attached hydrogens (tertiary/aromatic N) is 1. The van der Waals surface area contributed by atoms with Crippen LogP contribution >= 0.6 is 11.6 Å². The third-order valence-corrected chi connectivity index (χ3v) is 5.12. The summed E-state index contributed by atoms with van der Waals surface area (Å²) in [6, 6.07) is 13.7. The highest BCUT2D eigenvalue weighted by Crippen LogP contribution is 2.35. The van der Waals surface area contributed by atoms with E-state index in [4.69, 9.17) is 11.6 Å². The zero-order chi connectivity index (χ0) is 18.0. The fraction of sp³-hybridized carbons (Fsp3) is 0.381. The maximum absolute atomic E-state index is 11.9. The van der Waals surface area contributed by atoms with E-state index in [0.717, 1.165) is 30.5 Å². The molecule has 1 N–H and O–H groups in total. The summed E-state index contributed by atoms with van der Waals surface area (Å²) < 4.78 is 0. The van der Waals surface area contributed by atoms with Crippen molar-refractivity contribution < 1.29 is 9.90 Å². The average Bonchev–Trinajstić information content (AvgIpc) is 2.54. The van der Waals surface area contributed by atoms with Crippen LogP contribution < -0.4 is 0 Å². The standard InChI is InChI=1S/C21H24ClNO2/c1-14-10-15(2)12-17(11-14)20(16-6-5-7-18(22)13-16)23-9-4-3-8-19(23)21(24)25/h5-7,10-13,19-20H,3-4,8-9H2,1-2H3,(H,24,25). The first kappa shape index (κ1) is 18.0. The molecule has 2 atom stereocenters. The van der Waals surface area contributed by atoms with Gasteiger partial charge in [-0.25, -0.2) is 0 Å². The largest absolute Gasteiger partial charge is 0.480 e. The van der Waals surface area contributed by atoms with Crippen LogP contribution in [0.5, 0.6) is 0 Å². The number of hydrogen-bond donors (Lipinski definition) is 1. The molecule has 132 valence electrons. The minimum Gasteiger partial charge on any atom is -0.480 e. The summed E-state index contributed by atoms with van der Waals surface area (Å²) >= 11 is 6.24. The summed E-state index contributed by atoms with van der Waals surface area (Å²) in [5.41, 5.74) is 4.55. The van der Waals surface area contributed by atoms with Crippen molar-refractivity contribution in [1.82, 2.24) is 4.90 Å². The molecule has 1 fully saturated rings. The van der Waals surface area contributed by atoms with E-state index in [1.54, 1.807) is 0 Å².